The van der Waals surface area contributed by atoms with Crippen LogP contribution in [0.5, 0.6) is 5.75 Å². The van der Waals surface area contributed by atoms with Gasteiger partial charge in [-0.15, -0.1) is 0 Å². The Morgan fingerprint density at radius 3 is 2.45 bits per heavy atom. The predicted molar refractivity (Wildman–Crippen MR) is 126 cm³/mol. The van der Waals surface area contributed by atoms with Crippen molar-refractivity contribution in [3.8, 4) is 5.75 Å². The summed E-state index contributed by atoms with van der Waals surface area (Å²) in [4.78, 5) is 23.4. The fourth-order valence-corrected chi connectivity index (χ4v) is 4.77. The van der Waals surface area contributed by atoms with Gasteiger partial charge in [0.05, 0.1) is 17.1 Å². The van der Waals surface area contributed by atoms with Gasteiger partial charge in [-0.3, -0.25) is 10.1 Å². The number of esters is 1. The first-order valence-corrected chi connectivity index (χ1v) is 11.7. The van der Waals surface area contributed by atoms with Crippen molar-refractivity contribution in [3.63, 3.8) is 0 Å². The number of hydrogen-bond acceptors (Lipinski definition) is 5. The summed E-state index contributed by atoms with van der Waals surface area (Å²) in [5, 5.41) is 13.2. The molecule has 0 radical (unpaired) electrons. The van der Waals surface area contributed by atoms with Crippen LogP contribution in [0.2, 0.25) is 0 Å². The van der Waals surface area contributed by atoms with E-state index in [2.05, 4.69) is 24.3 Å². The van der Waals surface area contributed by atoms with E-state index in [-0.39, 0.29) is 17.7 Å². The van der Waals surface area contributed by atoms with Gasteiger partial charge in [0.2, 0.25) is 0 Å². The predicted octanol–water partition coefficient (Wildman–Crippen LogP) is 6.42. The van der Waals surface area contributed by atoms with Gasteiger partial charge in [-0.2, -0.15) is 0 Å². The number of nitro benzene ring substituents is 1. The van der Waals surface area contributed by atoms with Crippen LogP contribution >= 0.6 is 0 Å². The maximum atomic E-state index is 12.9. The van der Waals surface area contributed by atoms with Crippen LogP contribution in [-0.2, 0) is 4.74 Å². The molecule has 170 valence electrons. The highest BCUT2D eigenvalue weighted by Crippen LogP contribution is 2.44. The van der Waals surface area contributed by atoms with E-state index < -0.39 is 10.9 Å². The molecule has 0 spiro atoms. The van der Waals surface area contributed by atoms with E-state index >= 15 is 0 Å². The Morgan fingerprint density at radius 2 is 1.70 bits per heavy atom. The van der Waals surface area contributed by atoms with Crippen molar-refractivity contribution in [2.45, 2.75) is 50.5 Å². The van der Waals surface area contributed by atoms with Gasteiger partial charge >= 0.3 is 5.97 Å². The van der Waals surface area contributed by atoms with Gasteiger partial charge in [-0.25, -0.2) is 4.79 Å². The van der Waals surface area contributed by atoms with Crippen molar-refractivity contribution in [1.29, 1.82) is 0 Å². The van der Waals surface area contributed by atoms with E-state index in [1.807, 2.05) is 12.1 Å². The topological polar surface area (TPSA) is 78.7 Å². The fourth-order valence-electron chi connectivity index (χ4n) is 4.77. The summed E-state index contributed by atoms with van der Waals surface area (Å²) in [6.45, 7) is 0.727. The fraction of sp³-hybridized carbons (Fsp3) is 0.370. The third-order valence-electron chi connectivity index (χ3n) is 6.75. The smallest absolute Gasteiger partial charge is 0.338 e. The van der Waals surface area contributed by atoms with Crippen molar-refractivity contribution in [2.75, 3.05) is 6.61 Å². The van der Waals surface area contributed by atoms with Gasteiger partial charge < -0.3 is 9.47 Å². The Hall–Kier alpha value is -3.41. The summed E-state index contributed by atoms with van der Waals surface area (Å²) in [6, 6.07) is 18.0. The Kier molecular flexibility index (Phi) is 5.99. The summed E-state index contributed by atoms with van der Waals surface area (Å²) in [6.07, 6.45) is 5.96. The molecule has 0 saturated heterocycles. The second-order valence-electron chi connectivity index (χ2n) is 9.09. The summed E-state index contributed by atoms with van der Waals surface area (Å²) in [5.41, 5.74) is 1.42. The normalized spacial score (nSPS) is 20.4. The number of carbonyl (C=O) groups excluding carboxylic acids is 1. The average Bonchev–Trinajstić information content (AvgIpc) is 3.67. The maximum absolute atomic E-state index is 12.9. The maximum Gasteiger partial charge on any atom is 0.338 e. The molecule has 0 amide bonds. The first kappa shape index (κ1) is 21.4. The molecule has 0 aliphatic heterocycles. The van der Waals surface area contributed by atoms with Gasteiger partial charge in [-0.05, 0) is 67.0 Å². The Balaban J connectivity index is 1.44. The highest BCUT2D eigenvalue weighted by molar-refractivity contribution is 5.90. The molecule has 33 heavy (non-hydrogen) atoms. The number of nitrogens with zero attached hydrogens (tertiary/aromatic N) is 1. The van der Waals surface area contributed by atoms with Crippen molar-refractivity contribution >= 4 is 22.4 Å². The molecule has 2 fully saturated rings. The zero-order chi connectivity index (χ0) is 22.8. The molecule has 2 saturated carbocycles. The summed E-state index contributed by atoms with van der Waals surface area (Å²) in [7, 11) is 0. The van der Waals surface area contributed by atoms with E-state index in [0.29, 0.717) is 11.5 Å². The third-order valence-corrected chi connectivity index (χ3v) is 6.75. The highest BCUT2D eigenvalue weighted by atomic mass is 16.6. The largest absolute Gasteiger partial charge is 0.493 e. The molecule has 0 unspecified atom stereocenters. The minimum absolute atomic E-state index is 0.0426. The summed E-state index contributed by atoms with van der Waals surface area (Å²) < 4.78 is 12.3. The van der Waals surface area contributed by atoms with Gasteiger partial charge in [-0.1, -0.05) is 36.8 Å². The number of fused-ring (bicyclic) bond motifs is 1. The quantitative estimate of drug-likeness (QED) is 0.238. The first-order valence-electron chi connectivity index (χ1n) is 11.7. The lowest BCUT2D eigenvalue weighted by molar-refractivity contribution is -0.384. The van der Waals surface area contributed by atoms with Crippen molar-refractivity contribution in [3.05, 3.63) is 81.9 Å². The number of benzene rings is 3. The van der Waals surface area contributed by atoms with E-state index in [0.717, 1.165) is 54.4 Å². The van der Waals surface area contributed by atoms with Crippen molar-refractivity contribution < 1.29 is 19.2 Å². The lowest BCUT2D eigenvalue weighted by Crippen LogP contribution is -2.29. The molecule has 2 aliphatic carbocycles. The van der Waals surface area contributed by atoms with Crippen LogP contribution in [0.25, 0.3) is 10.8 Å². The molecule has 0 bridgehead atoms. The molecule has 0 N–H and O–H groups in total. The number of hydrogen-bond donors (Lipinski definition) is 0. The highest BCUT2D eigenvalue weighted by Gasteiger charge is 2.34. The minimum Gasteiger partial charge on any atom is -0.493 e. The third kappa shape index (κ3) is 4.70. The summed E-state index contributed by atoms with van der Waals surface area (Å²) in [5.74, 6) is 1.14. The molecule has 6 nitrogen and oxygen atoms in total. The minimum atomic E-state index is -0.476. The molecule has 0 heterocycles. The van der Waals surface area contributed by atoms with Gasteiger partial charge in [0.1, 0.15) is 11.9 Å². The second-order valence-corrected chi connectivity index (χ2v) is 9.09. The van der Waals surface area contributed by atoms with Gasteiger partial charge in [0.25, 0.3) is 5.69 Å². The molecule has 5 rings (SSSR count). The van der Waals surface area contributed by atoms with E-state index in [9.17, 15) is 14.9 Å². The number of non-ortho nitro benzene ring substituents is 1. The van der Waals surface area contributed by atoms with Crippen molar-refractivity contribution in [1.82, 2.24) is 0 Å². The standard InChI is InChI=1S/C27H27NO5/c29-27(20-11-14-21(15-12-20)28(30)31)33-24-8-4-3-7-23(24)26-22-6-2-1-5-19(22)13-16-25(26)32-17-18-9-10-18/h1-2,5-6,11-16,18,23-24H,3-4,7-10,17H2/t23-,24+/m1/s1. The average molecular weight is 446 g/mol. The van der Waals surface area contributed by atoms with Gasteiger partial charge in [0, 0.05) is 23.6 Å². The molecule has 0 aromatic heterocycles. The number of rotatable bonds is 7. The first-order chi connectivity index (χ1) is 16.1. The van der Waals surface area contributed by atoms with Crippen LogP contribution in [0.15, 0.2) is 60.7 Å². The Labute approximate surface area is 192 Å². The molecule has 2 atom stereocenters. The zero-order valence-electron chi connectivity index (χ0n) is 18.4. The number of carbonyl (C=O) groups is 1. The van der Waals surface area contributed by atoms with Crippen molar-refractivity contribution in [2.24, 2.45) is 5.92 Å². The van der Waals surface area contributed by atoms with Crippen LogP contribution in [0.4, 0.5) is 5.69 Å². The van der Waals surface area contributed by atoms with Crippen LogP contribution in [0, 0.1) is 16.0 Å². The summed E-state index contributed by atoms with van der Waals surface area (Å²) >= 11 is 0. The Bertz CT molecular complexity index is 1170. The van der Waals surface area contributed by atoms with Gasteiger partial charge in [0.15, 0.2) is 0 Å². The number of nitro groups is 1. The Morgan fingerprint density at radius 1 is 0.939 bits per heavy atom. The molecule has 3 aromatic rings. The van der Waals surface area contributed by atoms with Crippen LogP contribution < -0.4 is 4.74 Å². The van der Waals surface area contributed by atoms with Crippen LogP contribution in [-0.4, -0.2) is 23.6 Å². The molecular weight excluding hydrogens is 418 g/mol. The van der Waals surface area contributed by atoms with E-state index in [1.165, 1.54) is 37.1 Å². The lowest BCUT2D eigenvalue weighted by atomic mass is 9.79. The van der Waals surface area contributed by atoms with E-state index in [1.54, 1.807) is 0 Å². The van der Waals surface area contributed by atoms with Crippen LogP contribution in [0.3, 0.4) is 0 Å². The number of ether oxygens (including phenoxy) is 2. The molecule has 3 aromatic carbocycles. The zero-order valence-corrected chi connectivity index (χ0v) is 18.4. The molecular formula is C27H27NO5. The van der Waals surface area contributed by atoms with E-state index in [4.69, 9.17) is 9.47 Å². The molecule has 2 aliphatic rings. The molecule has 6 heteroatoms. The second kappa shape index (κ2) is 9.22. The monoisotopic (exact) mass is 445 g/mol. The lowest BCUT2D eigenvalue weighted by Gasteiger charge is -2.33. The SMILES string of the molecule is O=C(O[C@H]1CCCC[C@H]1c1c(OCC2CC2)ccc2ccccc12)c1ccc([N+](=O)[O-])cc1. The van der Waals surface area contributed by atoms with Crippen LogP contribution in [0.1, 0.15) is 60.4 Å².